The van der Waals surface area contributed by atoms with Crippen LogP contribution >= 0.6 is 33.2 Å². The van der Waals surface area contributed by atoms with E-state index in [0.29, 0.717) is 9.42 Å². The standard InChI is InChI=1S/C8H9Cl3Ge/c9-6-12(11,7-10)8-4-2-1-3-5-8/h1-5H,6-7H2. The van der Waals surface area contributed by atoms with E-state index in [1.807, 2.05) is 30.3 Å². The first-order valence-corrected chi connectivity index (χ1v) is 11.4. The third-order valence-electron chi connectivity index (χ3n) is 1.71. The number of rotatable bonds is 3. The van der Waals surface area contributed by atoms with Crippen LogP contribution in [0.3, 0.4) is 0 Å². The van der Waals surface area contributed by atoms with E-state index < -0.39 is 12.3 Å². The molecule has 0 aromatic heterocycles. The van der Waals surface area contributed by atoms with E-state index in [-0.39, 0.29) is 0 Å². The first-order valence-electron chi connectivity index (χ1n) is 3.59. The molecule has 1 rings (SSSR count). The summed E-state index contributed by atoms with van der Waals surface area (Å²) in [6, 6.07) is 9.93. The second kappa shape index (κ2) is 4.75. The first kappa shape index (κ1) is 10.7. The zero-order chi connectivity index (χ0) is 9.03. The molecule has 66 valence electrons. The van der Waals surface area contributed by atoms with Crippen molar-refractivity contribution in [3.63, 3.8) is 0 Å². The Balaban J connectivity index is 2.95. The van der Waals surface area contributed by atoms with Gasteiger partial charge in [-0.1, -0.05) is 0 Å². The van der Waals surface area contributed by atoms with Crippen LogP contribution in [0.25, 0.3) is 0 Å². The second-order valence-corrected chi connectivity index (χ2v) is 15.5. The van der Waals surface area contributed by atoms with Crippen LogP contribution in [0.5, 0.6) is 0 Å². The Morgan fingerprint density at radius 1 is 1.00 bits per heavy atom. The summed E-state index contributed by atoms with van der Waals surface area (Å²) in [6.45, 7) is 0. The number of hydrogen-bond donors (Lipinski definition) is 0. The molecule has 12 heavy (non-hydrogen) atoms. The van der Waals surface area contributed by atoms with Crippen molar-refractivity contribution in [2.75, 3.05) is 9.42 Å². The average molecular weight is 284 g/mol. The Hall–Kier alpha value is 0.633. The SMILES string of the molecule is Cl[CH2][Ge]([Cl])([CH2]Cl)[c]1ccccc1. The molecule has 0 saturated carbocycles. The third kappa shape index (κ3) is 2.32. The summed E-state index contributed by atoms with van der Waals surface area (Å²) in [5.41, 5.74) is 0. The van der Waals surface area contributed by atoms with Gasteiger partial charge in [-0.05, 0) is 0 Å². The molecule has 0 aliphatic carbocycles. The van der Waals surface area contributed by atoms with E-state index in [2.05, 4.69) is 0 Å². The van der Waals surface area contributed by atoms with Gasteiger partial charge in [-0.15, -0.1) is 0 Å². The van der Waals surface area contributed by atoms with Crippen molar-refractivity contribution in [2.24, 2.45) is 0 Å². The van der Waals surface area contributed by atoms with Crippen LogP contribution in [-0.2, 0) is 0 Å². The number of hydrogen-bond acceptors (Lipinski definition) is 0. The molecule has 0 nitrogen and oxygen atoms in total. The van der Waals surface area contributed by atoms with E-state index in [1.54, 1.807) is 0 Å². The Labute approximate surface area is 89.4 Å². The average Bonchev–Trinajstić information content (AvgIpc) is 2.18. The fourth-order valence-electron chi connectivity index (χ4n) is 0.927. The van der Waals surface area contributed by atoms with Crippen LogP contribution in [0.1, 0.15) is 0 Å². The zero-order valence-electron chi connectivity index (χ0n) is 6.43. The summed E-state index contributed by atoms with van der Waals surface area (Å²) in [6.07, 6.45) is 0. The molecule has 0 amide bonds. The molecular formula is C8H9Cl3Ge. The maximum absolute atomic E-state index is 6.36. The van der Waals surface area contributed by atoms with Crippen LogP contribution in [0.15, 0.2) is 30.3 Å². The van der Waals surface area contributed by atoms with Crippen LogP contribution in [-0.4, -0.2) is 21.8 Å². The summed E-state index contributed by atoms with van der Waals surface area (Å²) < 4.78 is 2.17. The monoisotopic (exact) mass is 284 g/mol. The molecular weight excluding hydrogens is 275 g/mol. The molecule has 4 heteroatoms. The molecule has 0 unspecified atom stereocenters. The minimum absolute atomic E-state index is 0.509. The third-order valence-corrected chi connectivity index (χ3v) is 15.0. The summed E-state index contributed by atoms with van der Waals surface area (Å²) >= 11 is 9.04. The van der Waals surface area contributed by atoms with E-state index in [1.165, 1.54) is 0 Å². The molecule has 0 bridgehead atoms. The molecule has 0 aliphatic rings. The van der Waals surface area contributed by atoms with Crippen LogP contribution in [0.2, 0.25) is 0 Å². The number of alkyl halides is 2. The van der Waals surface area contributed by atoms with Crippen molar-refractivity contribution < 1.29 is 0 Å². The van der Waals surface area contributed by atoms with Gasteiger partial charge in [-0.2, -0.15) is 0 Å². The van der Waals surface area contributed by atoms with Crippen LogP contribution in [0.4, 0.5) is 0 Å². The molecule has 0 N–H and O–H groups in total. The van der Waals surface area contributed by atoms with Gasteiger partial charge >= 0.3 is 89.7 Å². The molecule has 1 aromatic rings. The normalized spacial score (nSPS) is 11.6. The molecule has 0 spiro atoms. The Morgan fingerprint density at radius 3 is 1.92 bits per heavy atom. The summed E-state index contributed by atoms with van der Waals surface area (Å²) in [4.78, 5) is 0. The Morgan fingerprint density at radius 2 is 1.50 bits per heavy atom. The molecule has 0 saturated heterocycles. The van der Waals surface area contributed by atoms with Gasteiger partial charge in [-0.3, -0.25) is 0 Å². The molecule has 0 heterocycles. The fourth-order valence-corrected chi connectivity index (χ4v) is 7.12. The quantitative estimate of drug-likeness (QED) is 0.591. The van der Waals surface area contributed by atoms with Gasteiger partial charge in [-0.25, -0.2) is 0 Å². The zero-order valence-corrected chi connectivity index (χ0v) is 10.8. The van der Waals surface area contributed by atoms with Gasteiger partial charge in [0.25, 0.3) is 0 Å². The summed E-state index contributed by atoms with van der Waals surface area (Å²) in [5, 5.41) is 0. The topological polar surface area (TPSA) is 0 Å². The molecule has 0 fully saturated rings. The second-order valence-electron chi connectivity index (χ2n) is 2.60. The van der Waals surface area contributed by atoms with E-state index in [0.717, 1.165) is 4.40 Å². The van der Waals surface area contributed by atoms with Gasteiger partial charge in [0, 0.05) is 0 Å². The Kier molecular flexibility index (Phi) is 4.24. The van der Waals surface area contributed by atoms with Crippen molar-refractivity contribution in [3.8, 4) is 0 Å². The molecule has 0 radical (unpaired) electrons. The van der Waals surface area contributed by atoms with Gasteiger partial charge in [0.1, 0.15) is 0 Å². The minimum atomic E-state index is -2.58. The van der Waals surface area contributed by atoms with Gasteiger partial charge in [0.15, 0.2) is 0 Å². The molecule has 0 atom stereocenters. The van der Waals surface area contributed by atoms with Crippen LogP contribution < -0.4 is 4.40 Å². The van der Waals surface area contributed by atoms with Crippen molar-refractivity contribution in [1.29, 1.82) is 0 Å². The Bertz CT molecular complexity index is 233. The maximum atomic E-state index is 6.36. The van der Waals surface area contributed by atoms with Gasteiger partial charge in [0.05, 0.1) is 0 Å². The summed E-state index contributed by atoms with van der Waals surface area (Å²) in [5.74, 6) is 0. The predicted molar refractivity (Wildman–Crippen MR) is 59.1 cm³/mol. The number of halogens is 3. The van der Waals surface area contributed by atoms with Crippen LogP contribution in [0, 0.1) is 0 Å². The van der Waals surface area contributed by atoms with E-state index in [4.69, 9.17) is 33.2 Å². The predicted octanol–water partition coefficient (Wildman–Crippen LogP) is 2.63. The van der Waals surface area contributed by atoms with Crippen molar-refractivity contribution in [1.82, 2.24) is 0 Å². The molecule has 0 aliphatic heterocycles. The van der Waals surface area contributed by atoms with E-state index >= 15 is 0 Å². The van der Waals surface area contributed by atoms with Gasteiger partial charge in [0.2, 0.25) is 0 Å². The van der Waals surface area contributed by atoms with Crippen molar-refractivity contribution in [3.05, 3.63) is 30.3 Å². The van der Waals surface area contributed by atoms with Gasteiger partial charge < -0.3 is 0 Å². The summed E-state index contributed by atoms with van der Waals surface area (Å²) in [7, 11) is 6.36. The van der Waals surface area contributed by atoms with Crippen molar-refractivity contribution >= 4 is 49.9 Å². The number of benzene rings is 1. The molecule has 1 aromatic carbocycles. The van der Waals surface area contributed by atoms with Crippen molar-refractivity contribution in [2.45, 2.75) is 0 Å². The first-order chi connectivity index (χ1) is 5.73. The fraction of sp³-hybridized carbons (Fsp3) is 0.250. The van der Waals surface area contributed by atoms with E-state index in [9.17, 15) is 0 Å².